The fourth-order valence-corrected chi connectivity index (χ4v) is 1.65. The minimum Gasteiger partial charge on any atom is -0.493 e. The summed E-state index contributed by atoms with van der Waals surface area (Å²) in [6.07, 6.45) is 0.461. The van der Waals surface area contributed by atoms with Gasteiger partial charge in [-0.1, -0.05) is 36.8 Å². The topological polar surface area (TPSA) is 66.0 Å². The number of H-pyrrole nitrogens is 1. The Kier molecular flexibility index (Phi) is 2.95. The standard InChI is InChI=1S/C13H14N2O2/c1-3-10-12(16)14-11(15-13(10)17)9-6-4-8(2)5-7-9/h4-7H,3H2,1-2H3,(H2,14,15,16,17). The Balaban J connectivity index is 2.54. The molecule has 0 fully saturated rings. The summed E-state index contributed by atoms with van der Waals surface area (Å²) in [6, 6.07) is 7.58. The number of aromatic hydroxyl groups is 1. The second kappa shape index (κ2) is 4.41. The third-order valence-electron chi connectivity index (χ3n) is 2.67. The summed E-state index contributed by atoms with van der Waals surface area (Å²) >= 11 is 0. The van der Waals surface area contributed by atoms with Crippen molar-refractivity contribution in [1.29, 1.82) is 0 Å². The number of aromatic amines is 1. The molecule has 0 saturated heterocycles. The van der Waals surface area contributed by atoms with Crippen LogP contribution in [0.25, 0.3) is 11.4 Å². The number of aromatic nitrogens is 2. The van der Waals surface area contributed by atoms with Crippen molar-refractivity contribution in [2.45, 2.75) is 20.3 Å². The second-order valence-corrected chi connectivity index (χ2v) is 3.94. The molecule has 0 unspecified atom stereocenters. The second-order valence-electron chi connectivity index (χ2n) is 3.94. The van der Waals surface area contributed by atoms with Crippen molar-refractivity contribution in [3.63, 3.8) is 0 Å². The average molecular weight is 230 g/mol. The molecule has 0 aliphatic carbocycles. The van der Waals surface area contributed by atoms with Crippen molar-refractivity contribution >= 4 is 0 Å². The van der Waals surface area contributed by atoms with Crippen LogP contribution in [0, 0.1) is 6.92 Å². The summed E-state index contributed by atoms with van der Waals surface area (Å²) in [4.78, 5) is 18.4. The molecule has 0 spiro atoms. The number of hydrogen-bond donors (Lipinski definition) is 2. The van der Waals surface area contributed by atoms with E-state index in [-0.39, 0.29) is 11.4 Å². The maximum atomic E-state index is 11.7. The molecule has 0 bridgehead atoms. The lowest BCUT2D eigenvalue weighted by atomic mass is 10.1. The number of hydrogen-bond acceptors (Lipinski definition) is 3. The van der Waals surface area contributed by atoms with Crippen LogP contribution in [0.3, 0.4) is 0 Å². The van der Waals surface area contributed by atoms with Crippen molar-refractivity contribution in [2.75, 3.05) is 0 Å². The molecule has 4 nitrogen and oxygen atoms in total. The molecule has 0 saturated carbocycles. The predicted octanol–water partition coefficient (Wildman–Crippen LogP) is 2.01. The molecule has 1 heterocycles. The van der Waals surface area contributed by atoms with Crippen molar-refractivity contribution < 1.29 is 5.11 Å². The van der Waals surface area contributed by atoms with Crippen LogP contribution < -0.4 is 5.56 Å². The number of nitrogens with zero attached hydrogens (tertiary/aromatic N) is 1. The summed E-state index contributed by atoms with van der Waals surface area (Å²) in [5, 5.41) is 9.66. The fraction of sp³-hybridized carbons (Fsp3) is 0.231. The Labute approximate surface area is 99.0 Å². The Bertz CT molecular complexity index is 585. The van der Waals surface area contributed by atoms with Gasteiger partial charge in [-0.15, -0.1) is 0 Å². The van der Waals surface area contributed by atoms with Gasteiger partial charge in [0.05, 0.1) is 5.56 Å². The summed E-state index contributed by atoms with van der Waals surface area (Å²) in [5.41, 5.74) is 1.95. The average Bonchev–Trinajstić information content (AvgIpc) is 2.29. The molecule has 1 aromatic carbocycles. The number of rotatable bonds is 2. The molecule has 0 radical (unpaired) electrons. The van der Waals surface area contributed by atoms with Crippen LogP contribution in [0.15, 0.2) is 29.1 Å². The molecule has 0 atom stereocenters. The summed E-state index contributed by atoms with van der Waals surface area (Å²) in [6.45, 7) is 3.79. The third kappa shape index (κ3) is 2.20. The molecule has 2 aromatic rings. The van der Waals surface area contributed by atoms with Crippen LogP contribution in [0.4, 0.5) is 0 Å². The quantitative estimate of drug-likeness (QED) is 0.829. The molecule has 2 N–H and O–H groups in total. The largest absolute Gasteiger partial charge is 0.493 e. The van der Waals surface area contributed by atoms with Crippen LogP contribution in [0.5, 0.6) is 5.88 Å². The molecule has 0 aliphatic heterocycles. The molecule has 4 heteroatoms. The van der Waals surface area contributed by atoms with Gasteiger partial charge in [0.1, 0.15) is 5.82 Å². The van der Waals surface area contributed by atoms with Gasteiger partial charge in [0, 0.05) is 5.56 Å². The normalized spacial score (nSPS) is 10.5. The van der Waals surface area contributed by atoms with Gasteiger partial charge in [-0.3, -0.25) is 4.79 Å². The summed E-state index contributed by atoms with van der Waals surface area (Å²) in [5.74, 6) is 0.205. The van der Waals surface area contributed by atoms with Gasteiger partial charge in [0.25, 0.3) is 5.56 Å². The fourth-order valence-electron chi connectivity index (χ4n) is 1.65. The molecular formula is C13H14N2O2. The Hall–Kier alpha value is -2.10. The van der Waals surface area contributed by atoms with Crippen LogP contribution in [0.2, 0.25) is 0 Å². The van der Waals surface area contributed by atoms with Crippen LogP contribution >= 0.6 is 0 Å². The van der Waals surface area contributed by atoms with E-state index >= 15 is 0 Å². The lowest BCUT2D eigenvalue weighted by Gasteiger charge is -2.04. The van der Waals surface area contributed by atoms with E-state index in [1.54, 1.807) is 6.92 Å². The van der Waals surface area contributed by atoms with E-state index in [9.17, 15) is 9.90 Å². The Morgan fingerprint density at radius 2 is 1.94 bits per heavy atom. The molecule has 0 amide bonds. The van der Waals surface area contributed by atoms with E-state index in [1.807, 2.05) is 31.2 Å². The minimum absolute atomic E-state index is 0.188. The monoisotopic (exact) mass is 230 g/mol. The maximum Gasteiger partial charge on any atom is 0.258 e. The highest BCUT2D eigenvalue weighted by molar-refractivity contribution is 5.56. The highest BCUT2D eigenvalue weighted by Gasteiger charge is 2.09. The number of aryl methyl sites for hydroxylation is 1. The van der Waals surface area contributed by atoms with E-state index in [0.29, 0.717) is 17.8 Å². The summed E-state index contributed by atoms with van der Waals surface area (Å²) in [7, 11) is 0. The molecule has 88 valence electrons. The lowest BCUT2D eigenvalue weighted by molar-refractivity contribution is 0.444. The van der Waals surface area contributed by atoms with Crippen LogP contribution in [0.1, 0.15) is 18.1 Å². The molecule has 1 aromatic heterocycles. The van der Waals surface area contributed by atoms with E-state index in [2.05, 4.69) is 9.97 Å². The zero-order valence-electron chi connectivity index (χ0n) is 9.82. The first-order valence-corrected chi connectivity index (χ1v) is 5.51. The zero-order chi connectivity index (χ0) is 12.4. The van der Waals surface area contributed by atoms with Gasteiger partial charge in [-0.05, 0) is 13.3 Å². The van der Waals surface area contributed by atoms with Gasteiger partial charge in [-0.25, -0.2) is 0 Å². The van der Waals surface area contributed by atoms with Crippen LogP contribution in [-0.4, -0.2) is 15.1 Å². The number of benzene rings is 1. The van der Waals surface area contributed by atoms with Gasteiger partial charge < -0.3 is 10.1 Å². The summed E-state index contributed by atoms with van der Waals surface area (Å²) < 4.78 is 0. The molecule has 17 heavy (non-hydrogen) atoms. The van der Waals surface area contributed by atoms with Gasteiger partial charge in [-0.2, -0.15) is 4.98 Å². The van der Waals surface area contributed by atoms with Gasteiger partial charge in [0.15, 0.2) is 0 Å². The predicted molar refractivity (Wildman–Crippen MR) is 66.1 cm³/mol. The molecular weight excluding hydrogens is 216 g/mol. The van der Waals surface area contributed by atoms with Crippen molar-refractivity contribution in [3.8, 4) is 17.3 Å². The Morgan fingerprint density at radius 1 is 1.29 bits per heavy atom. The smallest absolute Gasteiger partial charge is 0.258 e. The molecule has 0 aliphatic rings. The first-order valence-electron chi connectivity index (χ1n) is 5.51. The van der Waals surface area contributed by atoms with E-state index < -0.39 is 0 Å². The van der Waals surface area contributed by atoms with E-state index in [1.165, 1.54) is 0 Å². The van der Waals surface area contributed by atoms with Crippen molar-refractivity contribution in [2.24, 2.45) is 0 Å². The lowest BCUT2D eigenvalue weighted by Crippen LogP contribution is -2.14. The SMILES string of the molecule is CCc1c(O)nc(-c2ccc(C)cc2)[nH]c1=O. The minimum atomic E-state index is -0.282. The van der Waals surface area contributed by atoms with E-state index in [0.717, 1.165) is 11.1 Å². The van der Waals surface area contributed by atoms with Crippen LogP contribution in [-0.2, 0) is 6.42 Å². The zero-order valence-corrected chi connectivity index (χ0v) is 9.82. The van der Waals surface area contributed by atoms with Gasteiger partial charge in [0.2, 0.25) is 5.88 Å². The van der Waals surface area contributed by atoms with Gasteiger partial charge >= 0.3 is 0 Å². The first-order chi connectivity index (χ1) is 8.11. The number of nitrogens with one attached hydrogen (secondary N) is 1. The third-order valence-corrected chi connectivity index (χ3v) is 2.67. The maximum absolute atomic E-state index is 11.7. The highest BCUT2D eigenvalue weighted by Crippen LogP contribution is 2.18. The van der Waals surface area contributed by atoms with Crippen molar-refractivity contribution in [3.05, 3.63) is 45.7 Å². The first kappa shape index (κ1) is 11.4. The molecule has 2 rings (SSSR count). The van der Waals surface area contributed by atoms with E-state index in [4.69, 9.17) is 0 Å². The Morgan fingerprint density at radius 3 is 2.47 bits per heavy atom. The van der Waals surface area contributed by atoms with Crippen molar-refractivity contribution in [1.82, 2.24) is 9.97 Å². The highest BCUT2D eigenvalue weighted by atomic mass is 16.3.